The van der Waals surface area contributed by atoms with Crippen LogP contribution in [-0.4, -0.2) is 16.8 Å². The highest BCUT2D eigenvalue weighted by atomic mass is 32.1. The molecule has 1 atom stereocenters. The third-order valence-electron chi connectivity index (χ3n) is 4.24. The Bertz CT molecular complexity index is 999. The number of hydrogen-bond donors (Lipinski definition) is 2. The van der Waals surface area contributed by atoms with Gasteiger partial charge in [-0.05, 0) is 6.07 Å². The molecule has 1 unspecified atom stereocenters. The maximum atomic E-state index is 15.6. The highest BCUT2D eigenvalue weighted by Gasteiger charge is 2.53. The van der Waals surface area contributed by atoms with E-state index in [2.05, 4.69) is 5.32 Å². The van der Waals surface area contributed by atoms with Crippen molar-refractivity contribution < 1.29 is 19.1 Å². The molecular formula is C19H12FNO3S. The van der Waals surface area contributed by atoms with Crippen LogP contribution in [0.25, 0.3) is 11.1 Å². The van der Waals surface area contributed by atoms with Crippen molar-refractivity contribution in [2.75, 3.05) is 5.32 Å². The fourth-order valence-electron chi connectivity index (χ4n) is 2.97. The van der Waals surface area contributed by atoms with Crippen molar-refractivity contribution in [2.24, 2.45) is 0 Å². The number of carbonyl (C=O) groups is 2. The van der Waals surface area contributed by atoms with Crippen molar-refractivity contribution in [3.63, 3.8) is 0 Å². The first-order valence-corrected chi connectivity index (χ1v) is 8.42. The second-order valence-electron chi connectivity index (χ2n) is 5.68. The van der Waals surface area contributed by atoms with Crippen LogP contribution in [0.1, 0.15) is 15.9 Å². The van der Waals surface area contributed by atoms with Gasteiger partial charge in [0, 0.05) is 22.1 Å². The van der Waals surface area contributed by atoms with E-state index in [-0.39, 0.29) is 21.9 Å². The van der Waals surface area contributed by atoms with Gasteiger partial charge < -0.3 is 10.4 Å². The summed E-state index contributed by atoms with van der Waals surface area (Å²) in [6.07, 6.45) is 0. The molecule has 0 spiro atoms. The summed E-state index contributed by atoms with van der Waals surface area (Å²) in [6, 6.07) is 14.2. The van der Waals surface area contributed by atoms with Gasteiger partial charge >= 0.3 is 0 Å². The van der Waals surface area contributed by atoms with E-state index in [0.29, 0.717) is 11.1 Å². The van der Waals surface area contributed by atoms with Crippen LogP contribution in [0.2, 0.25) is 0 Å². The molecule has 2 aromatic carbocycles. The zero-order valence-corrected chi connectivity index (χ0v) is 13.6. The highest BCUT2D eigenvalue weighted by molar-refractivity contribution is 7.15. The van der Waals surface area contributed by atoms with Crippen molar-refractivity contribution >= 4 is 28.0 Å². The molecular weight excluding hydrogens is 341 g/mol. The second kappa shape index (κ2) is 5.53. The topological polar surface area (TPSA) is 66.4 Å². The van der Waals surface area contributed by atoms with Crippen molar-refractivity contribution in [2.45, 2.75) is 5.67 Å². The Morgan fingerprint density at radius 2 is 1.64 bits per heavy atom. The van der Waals surface area contributed by atoms with Gasteiger partial charge in [0.25, 0.3) is 11.6 Å². The average molecular weight is 353 g/mol. The van der Waals surface area contributed by atoms with Crippen LogP contribution < -0.4 is 5.32 Å². The number of hydrogen-bond acceptors (Lipinski definition) is 4. The summed E-state index contributed by atoms with van der Waals surface area (Å²) < 4.78 is 15.6. The van der Waals surface area contributed by atoms with Crippen LogP contribution >= 0.6 is 11.3 Å². The first kappa shape index (κ1) is 15.5. The quantitative estimate of drug-likeness (QED) is 0.681. The number of phenols is 1. The Morgan fingerprint density at radius 3 is 2.36 bits per heavy atom. The SMILES string of the molecule is O=C1Nc2scc(-c3ccccc3O)c2C(=O)C1(F)c1ccccc1. The smallest absolute Gasteiger partial charge is 0.275 e. The van der Waals surface area contributed by atoms with Crippen molar-refractivity contribution in [1.29, 1.82) is 0 Å². The van der Waals surface area contributed by atoms with E-state index in [1.807, 2.05) is 0 Å². The van der Waals surface area contributed by atoms with E-state index >= 15 is 4.39 Å². The van der Waals surface area contributed by atoms with E-state index in [1.165, 1.54) is 18.2 Å². The predicted octanol–water partition coefficient (Wildman–Crippen LogP) is 4.12. The molecule has 0 aliphatic carbocycles. The number of benzene rings is 2. The Hall–Kier alpha value is -2.99. The molecule has 2 heterocycles. The summed E-state index contributed by atoms with van der Waals surface area (Å²) >= 11 is 1.13. The number of nitrogens with one attached hydrogen (secondary N) is 1. The number of carbonyl (C=O) groups excluding carboxylic acids is 2. The molecule has 25 heavy (non-hydrogen) atoms. The molecule has 6 heteroatoms. The molecule has 0 fully saturated rings. The number of anilines is 1. The van der Waals surface area contributed by atoms with Gasteiger partial charge in [0.05, 0.1) is 5.56 Å². The van der Waals surface area contributed by atoms with Gasteiger partial charge in [-0.25, -0.2) is 4.39 Å². The minimum Gasteiger partial charge on any atom is -0.507 e. The summed E-state index contributed by atoms with van der Waals surface area (Å²) in [5, 5.41) is 14.5. The number of ketones is 1. The van der Waals surface area contributed by atoms with Crippen LogP contribution in [0.15, 0.2) is 60.0 Å². The first-order valence-electron chi connectivity index (χ1n) is 7.54. The van der Waals surface area contributed by atoms with E-state index in [4.69, 9.17) is 0 Å². The fourth-order valence-corrected chi connectivity index (χ4v) is 3.92. The van der Waals surface area contributed by atoms with Gasteiger partial charge in [-0.15, -0.1) is 11.3 Å². The standard InChI is InChI=1S/C19H12FNO3S/c20-19(11-6-2-1-3-7-11)16(23)15-13(10-25-17(15)21-18(19)24)12-8-4-5-9-14(12)22/h1-10,22H,(H,21,24). The monoisotopic (exact) mass is 353 g/mol. The Morgan fingerprint density at radius 1 is 0.960 bits per heavy atom. The molecule has 0 saturated heterocycles. The third-order valence-corrected chi connectivity index (χ3v) is 5.13. The predicted molar refractivity (Wildman–Crippen MR) is 93.6 cm³/mol. The van der Waals surface area contributed by atoms with Gasteiger partial charge in [-0.2, -0.15) is 0 Å². The number of amides is 1. The summed E-state index contributed by atoms with van der Waals surface area (Å²) in [6.45, 7) is 0. The number of rotatable bonds is 2. The number of phenolic OH excluding ortho intramolecular Hbond substituents is 1. The van der Waals surface area contributed by atoms with Crippen molar-refractivity contribution in [1.82, 2.24) is 0 Å². The van der Waals surface area contributed by atoms with Gasteiger partial charge in [-0.3, -0.25) is 9.59 Å². The van der Waals surface area contributed by atoms with Crippen LogP contribution in [0, 0.1) is 0 Å². The van der Waals surface area contributed by atoms with Crippen molar-refractivity contribution in [3.05, 3.63) is 71.1 Å². The molecule has 1 aromatic heterocycles. The van der Waals surface area contributed by atoms with Gasteiger partial charge in [-0.1, -0.05) is 48.5 Å². The molecule has 2 N–H and O–H groups in total. The molecule has 124 valence electrons. The van der Waals surface area contributed by atoms with Crippen LogP contribution in [0.5, 0.6) is 5.75 Å². The Kier molecular flexibility index (Phi) is 3.43. The number of para-hydroxylation sites is 1. The van der Waals surface area contributed by atoms with E-state index in [1.54, 1.807) is 41.8 Å². The van der Waals surface area contributed by atoms with E-state index < -0.39 is 17.4 Å². The lowest BCUT2D eigenvalue weighted by atomic mass is 9.83. The third kappa shape index (κ3) is 2.18. The van der Waals surface area contributed by atoms with Gasteiger partial charge in [0.2, 0.25) is 5.78 Å². The Balaban J connectivity index is 1.92. The normalized spacial score (nSPS) is 19.4. The van der Waals surface area contributed by atoms with Crippen LogP contribution in [0.3, 0.4) is 0 Å². The molecule has 3 aromatic rings. The molecule has 0 radical (unpaired) electrons. The van der Waals surface area contributed by atoms with Crippen LogP contribution in [0.4, 0.5) is 9.39 Å². The molecule has 1 aliphatic heterocycles. The zero-order chi connectivity index (χ0) is 17.6. The minimum atomic E-state index is -2.80. The maximum absolute atomic E-state index is 15.6. The summed E-state index contributed by atoms with van der Waals surface area (Å²) in [4.78, 5) is 25.4. The second-order valence-corrected chi connectivity index (χ2v) is 6.56. The molecule has 0 saturated carbocycles. The maximum Gasteiger partial charge on any atom is 0.275 e. The lowest BCUT2D eigenvalue weighted by molar-refractivity contribution is -0.125. The zero-order valence-electron chi connectivity index (χ0n) is 12.8. The first-order chi connectivity index (χ1) is 12.0. The fraction of sp³-hybridized carbons (Fsp3) is 0.0526. The lowest BCUT2D eigenvalue weighted by Crippen LogP contribution is -2.47. The van der Waals surface area contributed by atoms with E-state index in [9.17, 15) is 14.7 Å². The number of fused-ring (bicyclic) bond motifs is 1. The van der Waals surface area contributed by atoms with Gasteiger partial charge in [0.15, 0.2) is 0 Å². The van der Waals surface area contributed by atoms with E-state index in [0.717, 1.165) is 11.3 Å². The highest BCUT2D eigenvalue weighted by Crippen LogP contribution is 2.46. The van der Waals surface area contributed by atoms with Crippen LogP contribution in [-0.2, 0) is 10.5 Å². The molecule has 1 amide bonds. The molecule has 0 bridgehead atoms. The average Bonchev–Trinajstić information content (AvgIpc) is 3.04. The number of alkyl halides is 1. The van der Waals surface area contributed by atoms with Crippen molar-refractivity contribution in [3.8, 4) is 16.9 Å². The summed E-state index contributed by atoms with van der Waals surface area (Å²) in [7, 11) is 0. The summed E-state index contributed by atoms with van der Waals surface area (Å²) in [5.74, 6) is -1.93. The summed E-state index contributed by atoms with van der Waals surface area (Å²) in [5.41, 5.74) is -1.91. The van der Waals surface area contributed by atoms with Gasteiger partial charge in [0.1, 0.15) is 10.8 Å². The number of thiophene rings is 1. The lowest BCUT2D eigenvalue weighted by Gasteiger charge is -2.28. The Labute approximate surface area is 146 Å². The number of halogens is 1. The number of aromatic hydroxyl groups is 1. The molecule has 4 nitrogen and oxygen atoms in total. The largest absolute Gasteiger partial charge is 0.507 e. The number of Topliss-reactive ketones (excluding diaryl/α,β-unsaturated/α-hetero) is 1. The minimum absolute atomic E-state index is 0.0161. The molecule has 4 rings (SSSR count). The molecule has 1 aliphatic rings.